The lowest BCUT2D eigenvalue weighted by atomic mass is 9.46. The SMILES string of the molecule is C=CCNC(=O)OC1CCC2(C)C(CC(=O)NCc3ccc4c(c3)OCO4)C(O)CCC2C1(C)CO. The van der Waals surface area contributed by atoms with E-state index in [4.69, 9.17) is 14.2 Å². The second-order valence-corrected chi connectivity index (χ2v) is 10.7. The van der Waals surface area contributed by atoms with E-state index in [0.717, 1.165) is 5.56 Å². The Morgan fingerprint density at radius 3 is 2.72 bits per heavy atom. The molecule has 3 aliphatic rings. The van der Waals surface area contributed by atoms with Crippen molar-refractivity contribution in [3.63, 3.8) is 0 Å². The first-order valence-corrected chi connectivity index (χ1v) is 12.7. The van der Waals surface area contributed by atoms with E-state index in [1.54, 1.807) is 6.08 Å². The zero-order chi connectivity index (χ0) is 25.9. The predicted octanol–water partition coefficient (Wildman–Crippen LogP) is 2.89. The highest BCUT2D eigenvalue weighted by Crippen LogP contribution is 2.61. The van der Waals surface area contributed by atoms with Gasteiger partial charge < -0.3 is 35.1 Å². The number of aliphatic hydroxyl groups excluding tert-OH is 2. The maximum Gasteiger partial charge on any atom is 0.407 e. The number of hydrogen-bond acceptors (Lipinski definition) is 7. The van der Waals surface area contributed by atoms with Crippen molar-refractivity contribution in [2.45, 2.75) is 64.7 Å². The van der Waals surface area contributed by atoms with Crippen LogP contribution in [0.3, 0.4) is 0 Å². The first kappa shape index (κ1) is 26.3. The molecular formula is C27H38N2O7. The van der Waals surface area contributed by atoms with Crippen LogP contribution in [0.15, 0.2) is 30.9 Å². The molecule has 6 atom stereocenters. The summed E-state index contributed by atoms with van der Waals surface area (Å²) in [7, 11) is 0. The van der Waals surface area contributed by atoms with Crippen molar-refractivity contribution in [3.05, 3.63) is 36.4 Å². The molecule has 1 aromatic carbocycles. The molecule has 1 aliphatic heterocycles. The molecule has 2 saturated carbocycles. The minimum Gasteiger partial charge on any atom is -0.454 e. The van der Waals surface area contributed by atoms with Crippen LogP contribution in [0.4, 0.5) is 4.79 Å². The molecule has 0 radical (unpaired) electrons. The third kappa shape index (κ3) is 5.04. The fourth-order valence-corrected chi connectivity index (χ4v) is 6.63. The third-order valence-corrected chi connectivity index (χ3v) is 8.65. The van der Waals surface area contributed by atoms with Crippen LogP contribution in [-0.4, -0.2) is 54.4 Å². The number of benzene rings is 1. The molecule has 9 nitrogen and oxygen atoms in total. The van der Waals surface area contributed by atoms with Crippen molar-refractivity contribution >= 4 is 12.0 Å². The normalized spacial score (nSPS) is 32.8. The Labute approximate surface area is 212 Å². The van der Waals surface area contributed by atoms with Crippen LogP contribution in [0, 0.1) is 22.7 Å². The van der Waals surface area contributed by atoms with Crippen LogP contribution in [0.1, 0.15) is 51.5 Å². The van der Waals surface area contributed by atoms with Gasteiger partial charge in [0.05, 0.1) is 12.7 Å². The van der Waals surface area contributed by atoms with Crippen molar-refractivity contribution in [1.82, 2.24) is 10.6 Å². The highest BCUT2D eigenvalue weighted by molar-refractivity contribution is 5.76. The Kier molecular flexibility index (Phi) is 7.80. The van der Waals surface area contributed by atoms with Crippen molar-refractivity contribution in [2.75, 3.05) is 19.9 Å². The fourth-order valence-electron chi connectivity index (χ4n) is 6.63. The van der Waals surface area contributed by atoms with Gasteiger partial charge >= 0.3 is 6.09 Å². The van der Waals surface area contributed by atoms with Crippen LogP contribution in [0.25, 0.3) is 0 Å². The van der Waals surface area contributed by atoms with Crippen molar-refractivity contribution < 1.29 is 34.0 Å². The van der Waals surface area contributed by atoms with E-state index in [0.29, 0.717) is 50.3 Å². The van der Waals surface area contributed by atoms with Crippen molar-refractivity contribution in [3.8, 4) is 11.5 Å². The Morgan fingerprint density at radius 2 is 1.97 bits per heavy atom. The van der Waals surface area contributed by atoms with E-state index in [2.05, 4.69) is 24.1 Å². The predicted molar refractivity (Wildman–Crippen MR) is 132 cm³/mol. The molecule has 4 N–H and O–H groups in total. The number of amides is 2. The topological polar surface area (TPSA) is 126 Å². The summed E-state index contributed by atoms with van der Waals surface area (Å²) in [5.74, 6) is 0.941. The quantitative estimate of drug-likeness (QED) is 0.403. The monoisotopic (exact) mass is 502 g/mol. The van der Waals surface area contributed by atoms with Crippen LogP contribution in [-0.2, 0) is 16.1 Å². The third-order valence-electron chi connectivity index (χ3n) is 8.65. The number of alkyl carbamates (subject to hydrolysis) is 1. The molecule has 1 heterocycles. The summed E-state index contributed by atoms with van der Waals surface area (Å²) < 4.78 is 16.5. The van der Waals surface area contributed by atoms with Gasteiger partial charge in [0.1, 0.15) is 6.10 Å². The van der Waals surface area contributed by atoms with Gasteiger partial charge in [0.2, 0.25) is 12.7 Å². The molecule has 0 bridgehead atoms. The summed E-state index contributed by atoms with van der Waals surface area (Å²) >= 11 is 0. The van der Waals surface area contributed by atoms with E-state index >= 15 is 0 Å². The number of ether oxygens (including phenoxy) is 3. The number of carbonyl (C=O) groups is 2. The van der Waals surface area contributed by atoms with Gasteiger partial charge in [-0.25, -0.2) is 4.79 Å². The van der Waals surface area contributed by atoms with Crippen LogP contribution >= 0.6 is 0 Å². The number of carbonyl (C=O) groups excluding carboxylic acids is 2. The van der Waals surface area contributed by atoms with Crippen LogP contribution in [0.2, 0.25) is 0 Å². The first-order chi connectivity index (χ1) is 17.2. The average molecular weight is 503 g/mol. The van der Waals surface area contributed by atoms with Gasteiger partial charge in [-0.1, -0.05) is 26.0 Å². The molecule has 2 fully saturated rings. The molecule has 0 saturated heterocycles. The summed E-state index contributed by atoms with van der Waals surface area (Å²) in [6, 6.07) is 5.57. The first-order valence-electron chi connectivity index (χ1n) is 12.7. The molecule has 1 aromatic rings. The second kappa shape index (κ2) is 10.7. The number of hydrogen-bond donors (Lipinski definition) is 4. The van der Waals surface area contributed by atoms with Gasteiger partial charge in [-0.05, 0) is 60.6 Å². The molecule has 6 unspecified atom stereocenters. The molecule has 2 aliphatic carbocycles. The maximum atomic E-state index is 13.0. The van der Waals surface area contributed by atoms with Gasteiger partial charge in [0.25, 0.3) is 0 Å². The van der Waals surface area contributed by atoms with E-state index in [1.165, 1.54) is 0 Å². The molecule has 2 amide bonds. The summed E-state index contributed by atoms with van der Waals surface area (Å²) in [6.07, 6.45) is 2.63. The zero-order valence-corrected chi connectivity index (χ0v) is 21.1. The summed E-state index contributed by atoms with van der Waals surface area (Å²) in [5, 5.41) is 27.1. The van der Waals surface area contributed by atoms with E-state index < -0.39 is 23.7 Å². The lowest BCUT2D eigenvalue weighted by Crippen LogP contribution is -2.61. The maximum absolute atomic E-state index is 13.0. The minimum absolute atomic E-state index is 0.0176. The largest absolute Gasteiger partial charge is 0.454 e. The van der Waals surface area contributed by atoms with E-state index in [-0.39, 0.29) is 43.0 Å². The smallest absolute Gasteiger partial charge is 0.407 e. The average Bonchev–Trinajstić information content (AvgIpc) is 3.33. The molecule has 36 heavy (non-hydrogen) atoms. The molecule has 4 rings (SSSR count). The highest BCUT2D eigenvalue weighted by atomic mass is 16.7. The van der Waals surface area contributed by atoms with Gasteiger partial charge in [0.15, 0.2) is 11.5 Å². The van der Waals surface area contributed by atoms with E-state index in [1.807, 2.05) is 25.1 Å². The summed E-state index contributed by atoms with van der Waals surface area (Å²) in [4.78, 5) is 25.3. The Bertz CT molecular complexity index is 985. The second-order valence-electron chi connectivity index (χ2n) is 10.7. The number of rotatable bonds is 8. The van der Waals surface area contributed by atoms with E-state index in [9.17, 15) is 19.8 Å². The lowest BCUT2D eigenvalue weighted by molar-refractivity contribution is -0.185. The zero-order valence-electron chi connectivity index (χ0n) is 21.1. The number of aliphatic hydroxyl groups is 2. The van der Waals surface area contributed by atoms with Gasteiger partial charge in [-0.15, -0.1) is 6.58 Å². The fraction of sp³-hybridized carbons (Fsp3) is 0.630. The Morgan fingerprint density at radius 1 is 1.19 bits per heavy atom. The molecule has 198 valence electrons. The highest BCUT2D eigenvalue weighted by Gasteiger charge is 2.60. The Balaban J connectivity index is 1.43. The minimum atomic E-state index is -0.681. The van der Waals surface area contributed by atoms with Gasteiger partial charge in [0, 0.05) is 24.9 Å². The molecule has 9 heteroatoms. The van der Waals surface area contributed by atoms with Crippen LogP contribution in [0.5, 0.6) is 11.5 Å². The number of fused-ring (bicyclic) bond motifs is 2. The summed E-state index contributed by atoms with van der Waals surface area (Å²) in [6.45, 7) is 8.36. The standard InChI is InChI=1S/C27H38N2O7/c1-4-11-28-25(33)36-23-9-10-26(2)18(19(31)6-8-22(26)27(23,3)15-30)13-24(32)29-14-17-5-7-20-21(12-17)35-16-34-20/h4-5,7,12,18-19,22-23,30-31H,1,6,8-11,13-16H2,2-3H3,(H,28,33)(H,29,32). The van der Waals surface area contributed by atoms with Crippen molar-refractivity contribution in [2.24, 2.45) is 22.7 Å². The molecule has 0 spiro atoms. The summed E-state index contributed by atoms with van der Waals surface area (Å²) in [5.41, 5.74) is -0.163. The molecular weight excluding hydrogens is 464 g/mol. The van der Waals surface area contributed by atoms with Crippen LogP contribution < -0.4 is 20.1 Å². The molecule has 0 aromatic heterocycles. The van der Waals surface area contributed by atoms with Gasteiger partial charge in [-0.3, -0.25) is 4.79 Å². The van der Waals surface area contributed by atoms with Crippen molar-refractivity contribution in [1.29, 1.82) is 0 Å². The number of nitrogens with one attached hydrogen (secondary N) is 2. The van der Waals surface area contributed by atoms with Gasteiger partial charge in [-0.2, -0.15) is 0 Å². The lowest BCUT2D eigenvalue weighted by Gasteiger charge is -2.60. The Hall–Kier alpha value is -2.78.